The summed E-state index contributed by atoms with van der Waals surface area (Å²) in [5.41, 5.74) is 2.49. The van der Waals surface area contributed by atoms with E-state index in [9.17, 15) is 4.79 Å². The molecule has 2 aromatic carbocycles. The van der Waals surface area contributed by atoms with Crippen molar-refractivity contribution in [1.82, 2.24) is 4.90 Å². The number of piperidine rings is 1. The SMILES string of the molecule is O=C1C2CCN(C2)C1C(c1ccccc1)c1ccccc1. The van der Waals surface area contributed by atoms with Crippen LogP contribution in [0.5, 0.6) is 0 Å². The molecule has 4 rings (SSSR count). The number of rotatable bonds is 3. The Morgan fingerprint density at radius 2 is 1.48 bits per heavy atom. The molecule has 2 nitrogen and oxygen atoms in total. The quantitative estimate of drug-likeness (QED) is 0.859. The van der Waals surface area contributed by atoms with Crippen molar-refractivity contribution in [2.75, 3.05) is 13.1 Å². The maximum absolute atomic E-state index is 12.7. The number of Topliss-reactive ketones (excluding diaryl/α,β-unsaturated/α-hetero) is 1. The molecule has 0 saturated carbocycles. The summed E-state index contributed by atoms with van der Waals surface area (Å²) in [7, 11) is 0. The molecule has 0 aromatic heterocycles. The lowest BCUT2D eigenvalue weighted by molar-refractivity contribution is -0.124. The molecule has 0 N–H and O–H groups in total. The lowest BCUT2D eigenvalue weighted by Gasteiger charge is -2.32. The molecular weight excluding hydrogens is 258 g/mol. The Kier molecular flexibility index (Phi) is 3.12. The van der Waals surface area contributed by atoms with Crippen molar-refractivity contribution >= 4 is 5.78 Å². The Bertz CT molecular complexity index is 598. The van der Waals surface area contributed by atoms with Crippen molar-refractivity contribution in [3.63, 3.8) is 0 Å². The van der Waals surface area contributed by atoms with Gasteiger partial charge in [-0.05, 0) is 24.1 Å². The Balaban J connectivity index is 1.79. The Labute approximate surface area is 125 Å². The van der Waals surface area contributed by atoms with Gasteiger partial charge in [0, 0.05) is 18.4 Å². The number of hydrogen-bond donors (Lipinski definition) is 0. The van der Waals surface area contributed by atoms with Gasteiger partial charge in [-0.2, -0.15) is 0 Å². The third-order valence-corrected chi connectivity index (χ3v) is 4.94. The van der Waals surface area contributed by atoms with Gasteiger partial charge in [-0.15, -0.1) is 0 Å². The van der Waals surface area contributed by atoms with Crippen molar-refractivity contribution < 1.29 is 4.79 Å². The molecule has 2 heteroatoms. The van der Waals surface area contributed by atoms with Gasteiger partial charge in [0.25, 0.3) is 0 Å². The number of nitrogens with zero attached hydrogens (tertiary/aromatic N) is 1. The van der Waals surface area contributed by atoms with Crippen LogP contribution in [0.25, 0.3) is 0 Å². The molecular formula is C19H19NO. The predicted molar refractivity (Wildman–Crippen MR) is 83.2 cm³/mol. The molecule has 0 spiro atoms. The number of benzene rings is 2. The largest absolute Gasteiger partial charge is 0.298 e. The number of carbonyl (C=O) groups excluding carboxylic acids is 1. The normalized spacial score (nSPS) is 27.5. The van der Waals surface area contributed by atoms with Crippen LogP contribution >= 0.6 is 0 Å². The third kappa shape index (κ3) is 2.11. The van der Waals surface area contributed by atoms with Gasteiger partial charge >= 0.3 is 0 Å². The van der Waals surface area contributed by atoms with E-state index in [0.717, 1.165) is 19.5 Å². The molecule has 2 aliphatic rings. The minimum absolute atomic E-state index is 0.0218. The Morgan fingerprint density at radius 1 is 0.905 bits per heavy atom. The first kappa shape index (κ1) is 12.8. The van der Waals surface area contributed by atoms with Crippen LogP contribution in [-0.4, -0.2) is 29.8 Å². The fraction of sp³-hybridized carbons (Fsp3) is 0.316. The molecule has 3 atom stereocenters. The lowest BCUT2D eigenvalue weighted by Crippen LogP contribution is -2.41. The molecule has 3 unspecified atom stereocenters. The monoisotopic (exact) mass is 277 g/mol. The van der Waals surface area contributed by atoms with Crippen LogP contribution in [0.3, 0.4) is 0 Å². The molecule has 21 heavy (non-hydrogen) atoms. The van der Waals surface area contributed by atoms with Gasteiger partial charge in [-0.1, -0.05) is 60.7 Å². The van der Waals surface area contributed by atoms with Gasteiger partial charge in [0.15, 0.2) is 5.78 Å². The molecule has 2 bridgehead atoms. The molecule has 0 amide bonds. The number of ketones is 1. The fourth-order valence-corrected chi connectivity index (χ4v) is 3.95. The molecule has 106 valence electrons. The van der Waals surface area contributed by atoms with Gasteiger partial charge in [-0.3, -0.25) is 9.69 Å². The van der Waals surface area contributed by atoms with E-state index in [2.05, 4.69) is 53.4 Å². The maximum atomic E-state index is 12.7. The van der Waals surface area contributed by atoms with Gasteiger partial charge in [-0.25, -0.2) is 0 Å². The number of hydrogen-bond acceptors (Lipinski definition) is 2. The minimum Gasteiger partial charge on any atom is -0.298 e. The zero-order chi connectivity index (χ0) is 14.2. The summed E-state index contributed by atoms with van der Waals surface area (Å²) in [6.45, 7) is 2.02. The van der Waals surface area contributed by atoms with Crippen LogP contribution in [-0.2, 0) is 4.79 Å². The van der Waals surface area contributed by atoms with Gasteiger partial charge < -0.3 is 0 Å². The summed E-state index contributed by atoms with van der Waals surface area (Å²) in [4.78, 5) is 15.1. The molecule has 2 saturated heterocycles. The van der Waals surface area contributed by atoms with Crippen molar-refractivity contribution in [1.29, 1.82) is 0 Å². The van der Waals surface area contributed by atoms with E-state index in [4.69, 9.17) is 0 Å². The zero-order valence-corrected chi connectivity index (χ0v) is 12.0. The van der Waals surface area contributed by atoms with Gasteiger partial charge in [0.1, 0.15) is 0 Å². The minimum atomic E-state index is 0.0218. The summed E-state index contributed by atoms with van der Waals surface area (Å²) in [6, 6.07) is 21.0. The van der Waals surface area contributed by atoms with Crippen LogP contribution in [0.1, 0.15) is 23.5 Å². The van der Waals surface area contributed by atoms with Gasteiger partial charge in [0.2, 0.25) is 0 Å². The van der Waals surface area contributed by atoms with E-state index in [-0.39, 0.29) is 17.9 Å². The first-order chi connectivity index (χ1) is 10.3. The highest BCUT2D eigenvalue weighted by molar-refractivity contribution is 5.91. The molecule has 2 fully saturated rings. The van der Waals surface area contributed by atoms with Crippen molar-refractivity contribution in [3.05, 3.63) is 71.8 Å². The number of carbonyl (C=O) groups is 1. The second-order valence-electron chi connectivity index (χ2n) is 6.13. The Hall–Kier alpha value is -1.93. The lowest BCUT2D eigenvalue weighted by atomic mass is 9.80. The summed E-state index contributed by atoms with van der Waals surface area (Å²) >= 11 is 0. The Morgan fingerprint density at radius 3 is 1.95 bits per heavy atom. The molecule has 0 radical (unpaired) electrons. The number of fused-ring (bicyclic) bond motifs is 2. The van der Waals surface area contributed by atoms with Crippen molar-refractivity contribution in [2.45, 2.75) is 18.4 Å². The van der Waals surface area contributed by atoms with Crippen molar-refractivity contribution in [3.8, 4) is 0 Å². The third-order valence-electron chi connectivity index (χ3n) is 4.94. The van der Waals surface area contributed by atoms with E-state index in [1.54, 1.807) is 0 Å². The van der Waals surface area contributed by atoms with Crippen LogP contribution in [0.15, 0.2) is 60.7 Å². The summed E-state index contributed by atoms with van der Waals surface area (Å²) < 4.78 is 0. The second-order valence-corrected chi connectivity index (χ2v) is 6.13. The van der Waals surface area contributed by atoms with Crippen LogP contribution < -0.4 is 0 Å². The average Bonchev–Trinajstić information content (AvgIpc) is 3.13. The highest BCUT2D eigenvalue weighted by atomic mass is 16.1. The van der Waals surface area contributed by atoms with E-state index in [1.807, 2.05) is 12.1 Å². The highest BCUT2D eigenvalue weighted by Crippen LogP contribution is 2.40. The van der Waals surface area contributed by atoms with E-state index in [1.165, 1.54) is 11.1 Å². The second kappa shape index (κ2) is 5.12. The van der Waals surface area contributed by atoms with Crippen LogP contribution in [0, 0.1) is 5.92 Å². The first-order valence-electron chi connectivity index (χ1n) is 7.72. The van der Waals surface area contributed by atoms with E-state index < -0.39 is 0 Å². The van der Waals surface area contributed by atoms with E-state index in [0.29, 0.717) is 5.78 Å². The maximum Gasteiger partial charge on any atom is 0.155 e. The van der Waals surface area contributed by atoms with Crippen molar-refractivity contribution in [2.24, 2.45) is 5.92 Å². The summed E-state index contributed by atoms with van der Waals surface area (Å²) in [5, 5.41) is 0. The smallest absolute Gasteiger partial charge is 0.155 e. The average molecular weight is 277 g/mol. The van der Waals surface area contributed by atoms with E-state index >= 15 is 0 Å². The van der Waals surface area contributed by atoms with Crippen LogP contribution in [0.2, 0.25) is 0 Å². The molecule has 2 aliphatic heterocycles. The fourth-order valence-electron chi connectivity index (χ4n) is 3.95. The predicted octanol–water partition coefficient (Wildman–Crippen LogP) is 3.09. The zero-order valence-electron chi connectivity index (χ0n) is 12.0. The summed E-state index contributed by atoms with van der Waals surface area (Å²) in [5.74, 6) is 0.870. The summed E-state index contributed by atoms with van der Waals surface area (Å²) in [6.07, 6.45) is 1.05. The first-order valence-corrected chi connectivity index (χ1v) is 7.72. The topological polar surface area (TPSA) is 20.3 Å². The molecule has 0 aliphatic carbocycles. The highest BCUT2D eigenvalue weighted by Gasteiger charge is 2.48. The molecule has 2 heterocycles. The van der Waals surface area contributed by atoms with Crippen LogP contribution in [0.4, 0.5) is 0 Å². The van der Waals surface area contributed by atoms with Gasteiger partial charge in [0.05, 0.1) is 6.04 Å². The molecule has 2 aromatic rings. The standard InChI is InChI=1S/C19H19NO/c21-19-16-11-12-20(13-16)18(19)17(14-7-3-1-4-8-14)15-9-5-2-6-10-15/h1-10,16-18H,11-13H2.